The molecule has 0 radical (unpaired) electrons. The summed E-state index contributed by atoms with van der Waals surface area (Å²) in [4.78, 5) is 34.1. The second-order valence-electron chi connectivity index (χ2n) is 10.3. The lowest BCUT2D eigenvalue weighted by molar-refractivity contribution is 0.0530. The number of esters is 1. The van der Waals surface area contributed by atoms with Crippen LogP contribution in [0.4, 0.5) is 22.7 Å². The normalized spacial score (nSPS) is 13.7. The minimum absolute atomic E-state index is 0.0500. The molecular weight excluding hydrogens is 558 g/mol. The van der Waals surface area contributed by atoms with Crippen LogP contribution in [0.5, 0.6) is 17.2 Å². The second-order valence-corrected chi connectivity index (χ2v) is 11.3. The van der Waals surface area contributed by atoms with Gasteiger partial charge in [0.1, 0.15) is 16.5 Å². The molecule has 0 saturated carbocycles. The number of rotatable bonds is 12. The Labute approximate surface area is 251 Å². The number of benzene rings is 1. The Kier molecular flexibility index (Phi) is 10.3. The average molecular weight is 600 g/mol. The molecule has 1 fully saturated rings. The molecule has 1 aliphatic rings. The van der Waals surface area contributed by atoms with Crippen molar-refractivity contribution >= 4 is 40.0 Å². The lowest BCUT2D eigenvalue weighted by atomic mass is 10.1. The standard InChI is InChI=1S/C29H41N7O5S/c1-9-41-27(37)26-24(18(2)3)32-29(42-26)33-28-30-22(16-23(31-28)36-12-10-34(4)11-13-36)35(5)17-19-14-20(38-6)25(40-8)21(15-19)39-7/h14-16,18H,9-13,17H2,1-8H3,(H,30,31,32,33). The molecule has 4 rings (SSSR count). The summed E-state index contributed by atoms with van der Waals surface area (Å²) in [5.41, 5.74) is 1.65. The number of ether oxygens (including phenoxy) is 4. The zero-order chi connectivity index (χ0) is 30.4. The van der Waals surface area contributed by atoms with Gasteiger partial charge in [-0.15, -0.1) is 0 Å². The first kappa shape index (κ1) is 31.1. The number of methoxy groups -OCH3 is 3. The fourth-order valence-corrected chi connectivity index (χ4v) is 5.68. The van der Waals surface area contributed by atoms with Crippen molar-refractivity contribution in [2.24, 2.45) is 0 Å². The van der Waals surface area contributed by atoms with E-state index in [-0.39, 0.29) is 11.9 Å². The topological polar surface area (TPSA) is 114 Å². The molecule has 1 aromatic carbocycles. The number of aromatic nitrogens is 3. The fraction of sp³-hybridized carbons (Fsp3) is 0.517. The Balaban J connectivity index is 1.68. The van der Waals surface area contributed by atoms with E-state index in [1.165, 1.54) is 11.3 Å². The SMILES string of the molecule is CCOC(=O)c1sc(Nc2nc(N(C)Cc3cc(OC)c(OC)c(OC)c3)cc(N3CCN(C)CC3)n2)nc1C(C)C. The van der Waals surface area contributed by atoms with Crippen LogP contribution in [0.15, 0.2) is 18.2 Å². The van der Waals surface area contributed by atoms with Gasteiger partial charge >= 0.3 is 5.97 Å². The molecule has 42 heavy (non-hydrogen) atoms. The molecule has 3 aromatic rings. The van der Waals surface area contributed by atoms with E-state index in [0.717, 1.165) is 43.4 Å². The molecule has 1 saturated heterocycles. The van der Waals surface area contributed by atoms with E-state index in [1.54, 1.807) is 28.3 Å². The highest BCUT2D eigenvalue weighted by Gasteiger charge is 2.24. The summed E-state index contributed by atoms with van der Waals surface area (Å²) in [6.07, 6.45) is 0. The first-order chi connectivity index (χ1) is 20.2. The van der Waals surface area contributed by atoms with Crippen LogP contribution < -0.4 is 29.3 Å². The predicted molar refractivity (Wildman–Crippen MR) is 165 cm³/mol. The Hall–Kier alpha value is -3.84. The number of carbonyl (C=O) groups is 1. The third-order valence-electron chi connectivity index (χ3n) is 6.94. The first-order valence-corrected chi connectivity index (χ1v) is 14.8. The monoisotopic (exact) mass is 599 g/mol. The van der Waals surface area contributed by atoms with Gasteiger partial charge in [-0.05, 0) is 37.6 Å². The largest absolute Gasteiger partial charge is 0.493 e. The minimum Gasteiger partial charge on any atom is -0.493 e. The molecular formula is C29H41N7O5S. The molecule has 13 heteroatoms. The molecule has 12 nitrogen and oxygen atoms in total. The predicted octanol–water partition coefficient (Wildman–Crippen LogP) is 4.39. The van der Waals surface area contributed by atoms with Crippen molar-refractivity contribution in [3.63, 3.8) is 0 Å². The maximum Gasteiger partial charge on any atom is 0.350 e. The van der Waals surface area contributed by atoms with Crippen LogP contribution in [0.3, 0.4) is 0 Å². The van der Waals surface area contributed by atoms with Gasteiger partial charge in [0.05, 0.1) is 33.6 Å². The fourth-order valence-electron chi connectivity index (χ4n) is 4.67. The van der Waals surface area contributed by atoms with E-state index in [0.29, 0.717) is 52.1 Å². The Morgan fingerprint density at radius 2 is 1.69 bits per heavy atom. The zero-order valence-electron chi connectivity index (χ0n) is 25.7. The molecule has 1 N–H and O–H groups in total. The third-order valence-corrected chi connectivity index (χ3v) is 7.91. The molecule has 0 aliphatic carbocycles. The van der Waals surface area contributed by atoms with Gasteiger partial charge in [0.25, 0.3) is 0 Å². The third kappa shape index (κ3) is 7.13. The molecule has 0 amide bonds. The van der Waals surface area contributed by atoms with E-state index < -0.39 is 0 Å². The highest BCUT2D eigenvalue weighted by Crippen LogP contribution is 2.39. The van der Waals surface area contributed by atoms with E-state index in [1.807, 2.05) is 44.0 Å². The van der Waals surface area contributed by atoms with Gasteiger partial charge in [-0.1, -0.05) is 25.2 Å². The van der Waals surface area contributed by atoms with Crippen LogP contribution in [-0.2, 0) is 11.3 Å². The molecule has 0 spiro atoms. The lowest BCUT2D eigenvalue weighted by Crippen LogP contribution is -2.45. The van der Waals surface area contributed by atoms with Crippen LogP contribution in [0, 0.1) is 0 Å². The molecule has 1 aliphatic heterocycles. The highest BCUT2D eigenvalue weighted by molar-refractivity contribution is 7.17. The van der Waals surface area contributed by atoms with Gasteiger partial charge < -0.3 is 33.6 Å². The number of hydrogen-bond donors (Lipinski definition) is 1. The smallest absolute Gasteiger partial charge is 0.350 e. The van der Waals surface area contributed by atoms with Crippen molar-refractivity contribution in [2.45, 2.75) is 33.2 Å². The average Bonchev–Trinajstić information content (AvgIpc) is 3.41. The van der Waals surface area contributed by atoms with Crippen LogP contribution >= 0.6 is 11.3 Å². The Morgan fingerprint density at radius 3 is 2.26 bits per heavy atom. The summed E-state index contributed by atoms with van der Waals surface area (Å²) in [6, 6.07) is 5.86. The number of anilines is 4. The van der Waals surface area contributed by atoms with Crippen molar-refractivity contribution in [2.75, 3.05) is 83.3 Å². The molecule has 0 atom stereocenters. The summed E-state index contributed by atoms with van der Waals surface area (Å²) in [5, 5.41) is 3.81. The number of likely N-dealkylation sites (N-methyl/N-ethyl adjacent to an activating group) is 1. The van der Waals surface area contributed by atoms with Gasteiger partial charge in [-0.3, -0.25) is 5.32 Å². The second kappa shape index (κ2) is 13.9. The van der Waals surface area contributed by atoms with E-state index in [2.05, 4.69) is 22.2 Å². The van der Waals surface area contributed by atoms with Crippen LogP contribution in [0.2, 0.25) is 0 Å². The number of nitrogens with one attached hydrogen (secondary N) is 1. The number of nitrogens with zero attached hydrogens (tertiary/aromatic N) is 6. The highest BCUT2D eigenvalue weighted by atomic mass is 32.1. The van der Waals surface area contributed by atoms with E-state index in [4.69, 9.17) is 33.9 Å². The minimum atomic E-state index is -0.371. The number of piperazine rings is 1. The first-order valence-electron chi connectivity index (χ1n) is 13.9. The molecule has 0 unspecified atom stereocenters. The van der Waals surface area contributed by atoms with Gasteiger partial charge in [-0.2, -0.15) is 9.97 Å². The molecule has 0 bridgehead atoms. The number of hydrogen-bond acceptors (Lipinski definition) is 13. The van der Waals surface area contributed by atoms with Crippen molar-refractivity contribution in [1.29, 1.82) is 0 Å². The van der Waals surface area contributed by atoms with Crippen LogP contribution in [-0.4, -0.2) is 94.0 Å². The maximum atomic E-state index is 12.6. The van der Waals surface area contributed by atoms with Gasteiger partial charge in [-0.25, -0.2) is 9.78 Å². The van der Waals surface area contributed by atoms with Crippen LogP contribution in [0.1, 0.15) is 47.6 Å². The van der Waals surface area contributed by atoms with E-state index >= 15 is 0 Å². The summed E-state index contributed by atoms with van der Waals surface area (Å²) >= 11 is 1.25. The van der Waals surface area contributed by atoms with Gasteiger partial charge in [0, 0.05) is 45.8 Å². The Morgan fingerprint density at radius 1 is 1.02 bits per heavy atom. The number of thiazole rings is 1. The summed E-state index contributed by atoms with van der Waals surface area (Å²) < 4.78 is 21.9. The lowest BCUT2D eigenvalue weighted by Gasteiger charge is -2.33. The number of carbonyl (C=O) groups excluding carboxylic acids is 1. The van der Waals surface area contributed by atoms with Gasteiger partial charge in [0.15, 0.2) is 16.6 Å². The van der Waals surface area contributed by atoms with Crippen molar-refractivity contribution < 1.29 is 23.7 Å². The summed E-state index contributed by atoms with van der Waals surface area (Å²) in [6.45, 7) is 10.2. The van der Waals surface area contributed by atoms with Crippen LogP contribution in [0.25, 0.3) is 0 Å². The van der Waals surface area contributed by atoms with Crippen molar-refractivity contribution in [3.8, 4) is 17.2 Å². The molecule has 3 heterocycles. The quantitative estimate of drug-likeness (QED) is 0.298. The Bertz CT molecular complexity index is 1350. The maximum absolute atomic E-state index is 12.6. The van der Waals surface area contributed by atoms with Crippen molar-refractivity contribution in [3.05, 3.63) is 34.3 Å². The zero-order valence-corrected chi connectivity index (χ0v) is 26.5. The molecule has 228 valence electrons. The summed E-state index contributed by atoms with van der Waals surface area (Å²) in [7, 11) is 8.89. The van der Waals surface area contributed by atoms with E-state index in [9.17, 15) is 4.79 Å². The molecule has 2 aromatic heterocycles. The van der Waals surface area contributed by atoms with Crippen molar-refractivity contribution in [1.82, 2.24) is 19.9 Å². The summed E-state index contributed by atoms with van der Waals surface area (Å²) in [5.74, 6) is 3.34. The van der Waals surface area contributed by atoms with Gasteiger partial charge in [0.2, 0.25) is 11.7 Å².